The lowest BCUT2D eigenvalue weighted by molar-refractivity contribution is -0.151. The number of amides is 19. The van der Waals surface area contributed by atoms with Gasteiger partial charge in [-0.1, -0.05) is 27.7 Å². The smallest absolute Gasteiger partial charge is 0.326 e. The number of nitrogens with zero attached hydrogens (tertiary/aromatic N) is 4. The minimum Gasteiger partial charge on any atom is -0.481 e. The number of carbonyl (C=O) groups excluding carboxylic acids is 19. The van der Waals surface area contributed by atoms with Gasteiger partial charge in [-0.05, 0) is 128 Å². The summed E-state index contributed by atoms with van der Waals surface area (Å²) in [5.74, 6) is -24.7. The van der Waals surface area contributed by atoms with E-state index in [9.17, 15) is 131 Å². The molecule has 3 aliphatic heterocycles. The first-order valence-electron chi connectivity index (χ1n) is 43.1. The van der Waals surface area contributed by atoms with Crippen LogP contribution in [0.4, 0.5) is 0 Å². The molecule has 1 aromatic heterocycles. The Kier molecular flexibility index (Phi) is 46.6. The average Bonchev–Trinajstić information content (AvgIpc) is 1.63. The lowest BCUT2D eigenvalue weighted by Crippen LogP contribution is -2.62. The molecule has 0 radical (unpaired) electrons. The van der Waals surface area contributed by atoms with Crippen molar-refractivity contribution in [1.82, 2.24) is 99.1 Å². The van der Waals surface area contributed by atoms with Crippen LogP contribution < -0.4 is 103 Å². The van der Waals surface area contributed by atoms with Crippen molar-refractivity contribution in [3.63, 3.8) is 0 Å². The number of aromatic nitrogens is 2. The number of H-pyrrole nitrogens is 1. The Morgan fingerprint density at radius 2 is 0.833 bits per heavy atom. The van der Waals surface area contributed by atoms with Crippen molar-refractivity contribution < 1.29 is 131 Å². The van der Waals surface area contributed by atoms with Gasteiger partial charge in [-0.2, -0.15) is 11.8 Å². The predicted octanol–water partition coefficient (Wildman–Crippen LogP) is -11.6. The number of aliphatic hydroxyl groups is 4. The normalized spacial score (nSPS) is 18.4. The number of nitrogens with two attached hydrogens (primary N) is 5. The minimum absolute atomic E-state index is 0.0364. The number of carboxylic acid groups (broad SMARTS) is 2. The number of aliphatic hydroxyl groups excluding tert-OH is 4. The molecule has 4 heterocycles. The van der Waals surface area contributed by atoms with Gasteiger partial charge in [0.15, 0.2) is 5.96 Å². The monoisotopic (exact) mass is 1890 g/mol. The van der Waals surface area contributed by atoms with E-state index in [1.54, 1.807) is 6.26 Å². The molecule has 3 aliphatic rings. The maximum absolute atomic E-state index is 14.5. The predicted molar refractivity (Wildman–Crippen MR) is 464 cm³/mol. The maximum atomic E-state index is 14.5. The number of likely N-dealkylation sites (tertiary alicyclic amines) is 3. The molecule has 3 saturated heterocycles. The number of hydrogen-bond donors (Lipinski definition) is 27. The van der Waals surface area contributed by atoms with Crippen LogP contribution in [0.1, 0.15) is 163 Å². The van der Waals surface area contributed by atoms with E-state index in [1.807, 2.05) is 0 Å². The van der Waals surface area contributed by atoms with E-state index < -0.39 is 328 Å². The number of nitrogens with one attached hydrogen (secondary N) is 16. The van der Waals surface area contributed by atoms with Crippen LogP contribution in [0.25, 0.3) is 0 Å². The Bertz CT molecular complexity index is 4240. The van der Waals surface area contributed by atoms with Gasteiger partial charge >= 0.3 is 11.9 Å². The second-order valence-corrected chi connectivity index (χ2v) is 34.0. The number of aromatic amines is 1. The Morgan fingerprint density at radius 3 is 1.25 bits per heavy atom. The van der Waals surface area contributed by atoms with Gasteiger partial charge in [0.1, 0.15) is 96.7 Å². The summed E-state index contributed by atoms with van der Waals surface area (Å²) in [4.78, 5) is 297. The number of hydrogen-bond acceptors (Lipinski definition) is 29. The van der Waals surface area contributed by atoms with Gasteiger partial charge in [0.25, 0.3) is 0 Å². The number of guanidine groups is 1. The molecule has 4 rings (SSSR count). The van der Waals surface area contributed by atoms with Crippen molar-refractivity contribution in [3.05, 3.63) is 18.2 Å². The van der Waals surface area contributed by atoms with Gasteiger partial charge in [0, 0.05) is 64.5 Å². The van der Waals surface area contributed by atoms with Gasteiger partial charge in [-0.15, -0.1) is 0 Å². The molecule has 738 valence electrons. The maximum Gasteiger partial charge on any atom is 0.326 e. The second kappa shape index (κ2) is 55.0. The minimum atomic E-state index is -2.11. The number of aliphatic carboxylic acids is 2. The molecule has 19 amide bonds. The highest BCUT2D eigenvalue weighted by Gasteiger charge is 2.48. The van der Waals surface area contributed by atoms with Crippen LogP contribution in [0, 0.1) is 17.2 Å². The molecular weight excluding hydrogens is 1760 g/mol. The Morgan fingerprint density at radius 1 is 0.462 bits per heavy atom. The van der Waals surface area contributed by atoms with E-state index in [4.69, 9.17) is 34.1 Å². The summed E-state index contributed by atoms with van der Waals surface area (Å²) < 4.78 is 0. The van der Waals surface area contributed by atoms with Crippen LogP contribution in [-0.2, 0) is 107 Å². The van der Waals surface area contributed by atoms with Crippen LogP contribution in [-0.4, -0.2) is 352 Å². The standard InChI is InChI=1S/C79H129N25O27S/c1-36(2)59(99-66(118)42(13-9-26-87-79(84)85)93-73(125)61(39(6)107)98-56(112)33-88-71(123)50-14-10-27-102(50)75(127)51-15-11-28-103(51)76(128)52-16-12-29-104(52)77(129)58(83)38(5)106)72(124)94-45(19-23-55(82)111)63(115)90-44(18-22-54(81)110)65(117)97-49(34-105)70(122)91-43(17-21-53(80)109)64(116)96-48(31-41-32-86-35-89-41)69(121)92-47(25-30-132-8)68(120)101-62(40(7)108)74(126)95-46(20-24-57(113)114)67(119)100-60(37(3)4)78(130)131/h32,35-40,42-52,58-62,105-108H,9-31,33-34,83H2,1-8H3,(H2,80,109)(H2,81,110)(H2,82,111)(H,86,89)(H,88,123)(H,90,115)(H,91,122)(H,92,121)(H,93,125)(H,94,124)(H,95,126)(H,96,116)(H,97,117)(H,98,112)(H,99,118)(H,100,119)(H,101,120)(H,113,114)(H,130,131)(H4,84,85,87)/t38-,39-,40-,42+,43+,44+,45+,46+,47+,48+,49+,50+,51+,52+,58+,59+,60+,61+,62+/m1/s1. The van der Waals surface area contributed by atoms with Crippen molar-refractivity contribution in [2.45, 2.75) is 279 Å². The lowest BCUT2D eigenvalue weighted by atomic mass is 10.0. The van der Waals surface area contributed by atoms with Crippen LogP contribution in [0.3, 0.4) is 0 Å². The van der Waals surface area contributed by atoms with Crippen LogP contribution in [0.2, 0.25) is 0 Å². The summed E-state index contributed by atoms with van der Waals surface area (Å²) in [7, 11) is 0. The number of carboxylic acids is 2. The van der Waals surface area contributed by atoms with Crippen LogP contribution in [0.15, 0.2) is 12.5 Å². The second-order valence-electron chi connectivity index (χ2n) is 33.0. The fourth-order valence-corrected chi connectivity index (χ4v) is 14.9. The molecule has 0 bridgehead atoms. The molecular formula is C79H129N25O27S. The highest BCUT2D eigenvalue weighted by atomic mass is 32.2. The average molecular weight is 1890 g/mol. The fourth-order valence-electron chi connectivity index (χ4n) is 14.5. The number of rotatable bonds is 57. The zero-order valence-corrected chi connectivity index (χ0v) is 75.6. The highest BCUT2D eigenvalue weighted by molar-refractivity contribution is 7.98. The van der Waals surface area contributed by atoms with Crippen LogP contribution >= 0.6 is 11.8 Å². The van der Waals surface area contributed by atoms with Crippen LogP contribution in [0.5, 0.6) is 0 Å². The first-order chi connectivity index (χ1) is 62.0. The molecule has 3 fully saturated rings. The first-order valence-corrected chi connectivity index (χ1v) is 44.5. The number of primary amides is 3. The van der Waals surface area contributed by atoms with Crippen molar-refractivity contribution in [3.8, 4) is 0 Å². The Labute approximate surface area is 763 Å². The van der Waals surface area contributed by atoms with E-state index in [1.165, 1.54) is 73.6 Å². The summed E-state index contributed by atoms with van der Waals surface area (Å²) in [6.07, 6.45) is -4.85. The molecule has 32 N–H and O–H groups in total. The topological polar surface area (TPSA) is 841 Å². The summed E-state index contributed by atoms with van der Waals surface area (Å²) >= 11 is 1.19. The van der Waals surface area contributed by atoms with E-state index >= 15 is 0 Å². The number of carbonyl (C=O) groups is 21. The number of thioether (sulfide) groups is 1. The molecule has 0 saturated carbocycles. The van der Waals surface area contributed by atoms with Gasteiger partial charge in [-0.3, -0.25) is 101 Å². The SMILES string of the molecule is CSCC[C@H](NC(=O)[C@H](Cc1c[nH]cn1)NC(=O)[C@H](CCC(N)=O)NC(=O)[C@H](CO)NC(=O)[C@H](CCC(N)=O)NC(=O)[C@H](CCC(N)=O)NC(=O)[C@@H](NC(=O)[C@H](CCCNC(=N)N)NC(=O)[C@@H](NC(=O)CNC(=O)[C@@H]1CCCN1C(=O)[C@@H]1CCCN1C(=O)[C@@H]1CCCN1C(=O)[C@@H](N)[C@@H](C)O)[C@@H](C)O)C(C)C)C(=O)N[C@H](C(=O)N[C@@H](CCC(=O)O)C(=O)N[C@H](C(=O)O)C(C)C)[C@@H](C)O. The molecule has 0 spiro atoms. The van der Waals surface area contributed by atoms with E-state index in [0.717, 1.165) is 13.8 Å². The molecule has 0 aromatic carbocycles. The van der Waals surface area contributed by atoms with Crippen molar-refractivity contribution in [2.24, 2.45) is 40.5 Å². The Balaban J connectivity index is 1.53. The van der Waals surface area contributed by atoms with Crippen molar-refractivity contribution >= 4 is 142 Å². The molecule has 0 aliphatic carbocycles. The van der Waals surface area contributed by atoms with Gasteiger partial charge < -0.3 is 153 Å². The molecule has 53 heteroatoms. The third-order valence-electron chi connectivity index (χ3n) is 21.8. The Hall–Kier alpha value is -12.5. The van der Waals surface area contributed by atoms with Crippen molar-refractivity contribution in [1.29, 1.82) is 5.41 Å². The zero-order chi connectivity index (χ0) is 99.2. The summed E-state index contributed by atoms with van der Waals surface area (Å²) in [5.41, 5.74) is 27.9. The zero-order valence-electron chi connectivity index (χ0n) is 74.8. The summed E-state index contributed by atoms with van der Waals surface area (Å²) in [6, 6.07) is -25.8. The molecule has 132 heavy (non-hydrogen) atoms. The molecule has 52 nitrogen and oxygen atoms in total. The largest absolute Gasteiger partial charge is 0.481 e. The van der Waals surface area contributed by atoms with E-state index in [0.29, 0.717) is 25.7 Å². The number of imidazole rings is 1. The highest BCUT2D eigenvalue weighted by Crippen LogP contribution is 2.29. The third-order valence-corrected chi connectivity index (χ3v) is 22.5. The summed E-state index contributed by atoms with van der Waals surface area (Å²) in [5, 5.41) is 102. The van der Waals surface area contributed by atoms with Crippen molar-refractivity contribution in [2.75, 3.05) is 51.3 Å². The van der Waals surface area contributed by atoms with E-state index in [2.05, 4.69) is 84.4 Å². The molecule has 0 unspecified atom stereocenters. The third kappa shape index (κ3) is 36.0. The first kappa shape index (κ1) is 112. The van der Waals surface area contributed by atoms with E-state index in [-0.39, 0.29) is 69.7 Å². The van der Waals surface area contributed by atoms with Gasteiger partial charge in [-0.25, -0.2) is 9.78 Å². The molecule has 1 aromatic rings. The quantitative estimate of drug-likeness (QED) is 0.0164. The lowest BCUT2D eigenvalue weighted by Gasteiger charge is -2.34. The summed E-state index contributed by atoms with van der Waals surface area (Å²) in [6.45, 7) is 7.65. The molecule has 19 atom stereocenters. The van der Waals surface area contributed by atoms with Gasteiger partial charge in [0.2, 0.25) is 112 Å². The van der Waals surface area contributed by atoms with Gasteiger partial charge in [0.05, 0.1) is 43.5 Å². The fraction of sp³-hybridized carbons (Fsp3) is 0.684.